The van der Waals surface area contributed by atoms with Gasteiger partial charge in [-0.05, 0) is 23.8 Å². The van der Waals surface area contributed by atoms with Crippen LogP contribution >= 0.6 is 0 Å². The summed E-state index contributed by atoms with van der Waals surface area (Å²) in [6.07, 6.45) is 0. The number of ether oxygens (including phenoxy) is 1. The summed E-state index contributed by atoms with van der Waals surface area (Å²) in [6.45, 7) is 0. The Hall–Kier alpha value is -2.56. The highest BCUT2D eigenvalue weighted by atomic mass is 19.1. The quantitative estimate of drug-likeness (QED) is 0.664. The maximum atomic E-state index is 13.3. The van der Waals surface area contributed by atoms with E-state index in [1.54, 1.807) is 18.2 Å². The van der Waals surface area contributed by atoms with Crippen molar-refractivity contribution >= 4 is 17.3 Å². The van der Waals surface area contributed by atoms with Gasteiger partial charge in [0.2, 0.25) is 0 Å². The van der Waals surface area contributed by atoms with E-state index in [0.717, 1.165) is 5.56 Å². The maximum absolute atomic E-state index is 13.3. The molecule has 2 rings (SSSR count). The Bertz CT molecular complexity index is 582. The zero-order valence-electron chi connectivity index (χ0n) is 11.0. The Morgan fingerprint density at radius 2 is 1.95 bits per heavy atom. The van der Waals surface area contributed by atoms with Crippen molar-refractivity contribution < 1.29 is 13.9 Å². The summed E-state index contributed by atoms with van der Waals surface area (Å²) in [7, 11) is 1.31. The summed E-state index contributed by atoms with van der Waals surface area (Å²) in [4.78, 5) is 11.9. The van der Waals surface area contributed by atoms with E-state index >= 15 is 0 Å². The molecule has 104 valence electrons. The molecule has 0 saturated carbocycles. The Kier molecular flexibility index (Phi) is 4.20. The molecule has 0 aliphatic carbocycles. The molecule has 4 nitrogen and oxygen atoms in total. The summed E-state index contributed by atoms with van der Waals surface area (Å²) >= 11 is 0. The molecule has 1 unspecified atom stereocenters. The van der Waals surface area contributed by atoms with Gasteiger partial charge in [0.25, 0.3) is 0 Å². The molecule has 2 aromatic carbocycles. The standard InChI is InChI=1S/C15H15FN2O2/c1-20-15(19)14(10-5-3-2-4-6-10)18-13-8-11(16)7-12(17)9-13/h2-9,14,18H,17H2,1H3. The van der Waals surface area contributed by atoms with Crippen LogP contribution in [-0.2, 0) is 9.53 Å². The van der Waals surface area contributed by atoms with Crippen molar-refractivity contribution in [2.45, 2.75) is 6.04 Å². The monoisotopic (exact) mass is 274 g/mol. The van der Waals surface area contributed by atoms with Crippen LogP contribution in [0.4, 0.5) is 15.8 Å². The van der Waals surface area contributed by atoms with Gasteiger partial charge in [-0.15, -0.1) is 0 Å². The van der Waals surface area contributed by atoms with E-state index in [0.29, 0.717) is 5.69 Å². The number of methoxy groups -OCH3 is 1. The van der Waals surface area contributed by atoms with Crippen molar-refractivity contribution in [3.05, 3.63) is 59.9 Å². The lowest BCUT2D eigenvalue weighted by Gasteiger charge is -2.18. The Balaban J connectivity index is 2.31. The number of nitrogen functional groups attached to an aromatic ring is 1. The third-order valence-corrected chi connectivity index (χ3v) is 2.80. The van der Waals surface area contributed by atoms with E-state index in [4.69, 9.17) is 10.5 Å². The topological polar surface area (TPSA) is 64.3 Å². The molecule has 0 radical (unpaired) electrons. The minimum atomic E-state index is -0.720. The fourth-order valence-corrected chi connectivity index (χ4v) is 1.90. The van der Waals surface area contributed by atoms with E-state index in [1.165, 1.54) is 19.2 Å². The lowest BCUT2D eigenvalue weighted by molar-refractivity contribution is -0.141. The molecule has 1 atom stereocenters. The first-order valence-corrected chi connectivity index (χ1v) is 6.05. The molecular formula is C15H15FN2O2. The fourth-order valence-electron chi connectivity index (χ4n) is 1.90. The number of rotatable bonds is 4. The van der Waals surface area contributed by atoms with Gasteiger partial charge in [-0.2, -0.15) is 0 Å². The zero-order valence-corrected chi connectivity index (χ0v) is 11.0. The van der Waals surface area contributed by atoms with Gasteiger partial charge >= 0.3 is 5.97 Å². The number of carbonyl (C=O) groups excluding carboxylic acids is 1. The highest BCUT2D eigenvalue weighted by Gasteiger charge is 2.21. The molecule has 0 fully saturated rings. The Morgan fingerprint density at radius 3 is 2.55 bits per heavy atom. The third-order valence-electron chi connectivity index (χ3n) is 2.80. The van der Waals surface area contributed by atoms with Gasteiger partial charge in [-0.1, -0.05) is 30.3 Å². The molecule has 0 aromatic heterocycles. The van der Waals surface area contributed by atoms with E-state index in [-0.39, 0.29) is 5.69 Å². The zero-order chi connectivity index (χ0) is 14.5. The van der Waals surface area contributed by atoms with Crippen LogP contribution in [0.2, 0.25) is 0 Å². The van der Waals surface area contributed by atoms with Crippen molar-refractivity contribution in [3.63, 3.8) is 0 Å². The normalized spacial score (nSPS) is 11.7. The first-order chi connectivity index (χ1) is 9.60. The van der Waals surface area contributed by atoms with Crippen LogP contribution in [0.25, 0.3) is 0 Å². The van der Waals surface area contributed by atoms with Crippen molar-refractivity contribution in [1.29, 1.82) is 0 Å². The van der Waals surface area contributed by atoms with Crippen LogP contribution in [0.5, 0.6) is 0 Å². The van der Waals surface area contributed by atoms with Gasteiger partial charge in [0.1, 0.15) is 5.82 Å². The summed E-state index contributed by atoms with van der Waals surface area (Å²) in [5.74, 6) is -0.928. The lowest BCUT2D eigenvalue weighted by Crippen LogP contribution is -2.22. The Labute approximate surface area is 116 Å². The summed E-state index contributed by atoms with van der Waals surface area (Å²) in [5, 5.41) is 2.93. The van der Waals surface area contributed by atoms with Crippen molar-refractivity contribution in [2.24, 2.45) is 0 Å². The second-order valence-corrected chi connectivity index (χ2v) is 4.28. The molecule has 0 spiro atoms. The number of anilines is 2. The molecule has 0 bridgehead atoms. The lowest BCUT2D eigenvalue weighted by atomic mass is 10.1. The molecule has 0 aliphatic heterocycles. The molecule has 5 heteroatoms. The average molecular weight is 274 g/mol. The number of nitrogens with two attached hydrogens (primary N) is 1. The number of nitrogens with one attached hydrogen (secondary N) is 1. The van der Waals surface area contributed by atoms with Crippen LogP contribution in [0, 0.1) is 5.82 Å². The number of hydrogen-bond donors (Lipinski definition) is 2. The van der Waals surface area contributed by atoms with Crippen molar-refractivity contribution in [1.82, 2.24) is 0 Å². The second kappa shape index (κ2) is 6.06. The first kappa shape index (κ1) is 13.9. The number of esters is 1. The predicted molar refractivity (Wildman–Crippen MR) is 75.6 cm³/mol. The predicted octanol–water partition coefficient (Wildman–Crippen LogP) is 2.73. The first-order valence-electron chi connectivity index (χ1n) is 6.05. The van der Waals surface area contributed by atoms with Gasteiger partial charge in [0, 0.05) is 11.4 Å². The summed E-state index contributed by atoms with van der Waals surface area (Å²) < 4.78 is 18.1. The number of carbonyl (C=O) groups is 1. The summed E-state index contributed by atoms with van der Waals surface area (Å²) in [6, 6.07) is 12.4. The van der Waals surface area contributed by atoms with Crippen LogP contribution in [0.3, 0.4) is 0 Å². The molecule has 3 N–H and O–H groups in total. The fraction of sp³-hybridized carbons (Fsp3) is 0.133. The largest absolute Gasteiger partial charge is 0.467 e. The van der Waals surface area contributed by atoms with E-state index < -0.39 is 17.8 Å². The van der Waals surface area contributed by atoms with Gasteiger partial charge in [0.05, 0.1) is 7.11 Å². The molecular weight excluding hydrogens is 259 g/mol. The van der Waals surface area contributed by atoms with Crippen molar-refractivity contribution in [3.8, 4) is 0 Å². The van der Waals surface area contributed by atoms with Crippen LogP contribution in [0.15, 0.2) is 48.5 Å². The Morgan fingerprint density at radius 1 is 1.25 bits per heavy atom. The van der Waals surface area contributed by atoms with Gasteiger partial charge < -0.3 is 15.8 Å². The minimum absolute atomic E-state index is 0.282. The van der Waals surface area contributed by atoms with Gasteiger partial charge in [0.15, 0.2) is 6.04 Å². The van der Waals surface area contributed by atoms with Crippen LogP contribution in [-0.4, -0.2) is 13.1 Å². The van der Waals surface area contributed by atoms with E-state index in [2.05, 4.69) is 5.32 Å². The van der Waals surface area contributed by atoms with E-state index in [1.807, 2.05) is 18.2 Å². The second-order valence-electron chi connectivity index (χ2n) is 4.28. The van der Waals surface area contributed by atoms with Crippen LogP contribution < -0.4 is 11.1 Å². The minimum Gasteiger partial charge on any atom is -0.467 e. The third kappa shape index (κ3) is 3.26. The summed E-state index contributed by atoms with van der Waals surface area (Å²) in [5.41, 5.74) is 7.01. The SMILES string of the molecule is COC(=O)C(Nc1cc(N)cc(F)c1)c1ccccc1. The highest BCUT2D eigenvalue weighted by Crippen LogP contribution is 2.23. The molecule has 0 aliphatic rings. The number of halogens is 1. The van der Waals surface area contributed by atoms with Crippen LogP contribution in [0.1, 0.15) is 11.6 Å². The van der Waals surface area contributed by atoms with Crippen molar-refractivity contribution in [2.75, 3.05) is 18.2 Å². The molecule has 20 heavy (non-hydrogen) atoms. The molecule has 0 amide bonds. The molecule has 2 aromatic rings. The number of hydrogen-bond acceptors (Lipinski definition) is 4. The average Bonchev–Trinajstić information content (AvgIpc) is 2.44. The molecule has 0 heterocycles. The van der Waals surface area contributed by atoms with Gasteiger partial charge in [-0.25, -0.2) is 9.18 Å². The smallest absolute Gasteiger partial charge is 0.332 e. The van der Waals surface area contributed by atoms with E-state index in [9.17, 15) is 9.18 Å². The number of benzene rings is 2. The highest BCUT2D eigenvalue weighted by molar-refractivity contribution is 5.81. The maximum Gasteiger partial charge on any atom is 0.332 e. The molecule has 0 saturated heterocycles. The van der Waals surface area contributed by atoms with Gasteiger partial charge in [-0.3, -0.25) is 0 Å².